The van der Waals surface area contributed by atoms with Crippen LogP contribution in [0.5, 0.6) is 11.5 Å². The lowest BCUT2D eigenvalue weighted by Crippen LogP contribution is -2.49. The highest BCUT2D eigenvalue weighted by atomic mass is 16.5. The highest BCUT2D eigenvalue weighted by molar-refractivity contribution is 5.40. The summed E-state index contributed by atoms with van der Waals surface area (Å²) in [4.78, 5) is 2.47. The second-order valence-corrected chi connectivity index (χ2v) is 4.70. The molecule has 1 unspecified atom stereocenters. The second kappa shape index (κ2) is 6.07. The fraction of sp³-hybridized carbons (Fsp3) is 0.571. The Labute approximate surface area is 109 Å². The molecule has 18 heavy (non-hydrogen) atoms. The van der Waals surface area contributed by atoms with Gasteiger partial charge in [-0.3, -0.25) is 4.90 Å². The predicted molar refractivity (Wildman–Crippen MR) is 72.3 cm³/mol. The summed E-state index contributed by atoms with van der Waals surface area (Å²) in [5.41, 5.74) is 1.19. The van der Waals surface area contributed by atoms with Gasteiger partial charge in [-0.15, -0.1) is 0 Å². The maximum Gasteiger partial charge on any atom is 0.123 e. The Kier molecular flexibility index (Phi) is 4.44. The third kappa shape index (κ3) is 2.94. The minimum absolute atomic E-state index is 0.551. The van der Waals surface area contributed by atoms with Crippen LogP contribution in [0.3, 0.4) is 0 Å². The van der Waals surface area contributed by atoms with E-state index in [1.54, 1.807) is 14.2 Å². The number of nitrogens with one attached hydrogen (secondary N) is 1. The van der Waals surface area contributed by atoms with Gasteiger partial charge in [0.05, 0.1) is 14.2 Å². The Bertz CT molecular complexity index is 395. The van der Waals surface area contributed by atoms with E-state index < -0.39 is 0 Å². The highest BCUT2D eigenvalue weighted by Gasteiger charge is 2.19. The minimum atomic E-state index is 0.551. The standard InChI is InChI=1S/C14H22N2O2/c1-11-9-15-6-7-16(11)10-12-8-13(17-2)4-5-14(12)18-3/h4-5,8,11,15H,6-7,9-10H2,1-3H3. The number of benzene rings is 1. The van der Waals surface area contributed by atoms with Crippen LogP contribution in [0.4, 0.5) is 0 Å². The van der Waals surface area contributed by atoms with Crippen molar-refractivity contribution >= 4 is 0 Å². The smallest absolute Gasteiger partial charge is 0.123 e. The summed E-state index contributed by atoms with van der Waals surface area (Å²) >= 11 is 0. The molecule has 1 aliphatic rings. The number of hydrogen-bond acceptors (Lipinski definition) is 4. The molecule has 0 radical (unpaired) electrons. The van der Waals surface area contributed by atoms with Crippen molar-refractivity contribution in [2.75, 3.05) is 33.9 Å². The zero-order chi connectivity index (χ0) is 13.0. The first kappa shape index (κ1) is 13.2. The minimum Gasteiger partial charge on any atom is -0.497 e. The molecule has 1 atom stereocenters. The van der Waals surface area contributed by atoms with Gasteiger partial charge >= 0.3 is 0 Å². The molecule has 0 bridgehead atoms. The topological polar surface area (TPSA) is 33.7 Å². The van der Waals surface area contributed by atoms with Crippen molar-refractivity contribution in [2.45, 2.75) is 19.5 Å². The lowest BCUT2D eigenvalue weighted by molar-refractivity contribution is 0.164. The van der Waals surface area contributed by atoms with Crippen LogP contribution in [-0.4, -0.2) is 44.8 Å². The predicted octanol–water partition coefficient (Wildman–Crippen LogP) is 1.50. The van der Waals surface area contributed by atoms with E-state index in [1.165, 1.54) is 5.56 Å². The maximum absolute atomic E-state index is 5.42. The first-order valence-electron chi connectivity index (χ1n) is 6.40. The zero-order valence-electron chi connectivity index (χ0n) is 11.4. The molecule has 4 heteroatoms. The normalized spacial score (nSPS) is 20.7. The zero-order valence-corrected chi connectivity index (χ0v) is 11.4. The van der Waals surface area contributed by atoms with E-state index in [9.17, 15) is 0 Å². The van der Waals surface area contributed by atoms with Crippen molar-refractivity contribution in [2.24, 2.45) is 0 Å². The average molecular weight is 250 g/mol. The van der Waals surface area contributed by atoms with Gasteiger partial charge in [-0.25, -0.2) is 0 Å². The van der Waals surface area contributed by atoms with Crippen molar-refractivity contribution in [1.82, 2.24) is 10.2 Å². The van der Waals surface area contributed by atoms with E-state index in [0.29, 0.717) is 6.04 Å². The Balaban J connectivity index is 2.15. The number of hydrogen-bond donors (Lipinski definition) is 1. The molecular formula is C14H22N2O2. The van der Waals surface area contributed by atoms with Gasteiger partial charge in [-0.1, -0.05) is 0 Å². The van der Waals surface area contributed by atoms with Crippen LogP contribution in [0.1, 0.15) is 12.5 Å². The lowest BCUT2D eigenvalue weighted by Gasteiger charge is -2.34. The molecule has 1 aliphatic heterocycles. The molecule has 0 aromatic heterocycles. The number of piperazine rings is 1. The molecule has 100 valence electrons. The SMILES string of the molecule is COc1ccc(OC)c(CN2CCNCC2C)c1. The Morgan fingerprint density at radius 2 is 2.17 bits per heavy atom. The van der Waals surface area contributed by atoms with E-state index in [0.717, 1.165) is 37.7 Å². The van der Waals surface area contributed by atoms with Crippen molar-refractivity contribution in [1.29, 1.82) is 0 Å². The Hall–Kier alpha value is -1.26. The van der Waals surface area contributed by atoms with Crippen LogP contribution < -0.4 is 14.8 Å². The molecular weight excluding hydrogens is 228 g/mol. The van der Waals surface area contributed by atoms with Gasteiger partial charge in [0.15, 0.2) is 0 Å². The van der Waals surface area contributed by atoms with Crippen LogP contribution in [0.2, 0.25) is 0 Å². The van der Waals surface area contributed by atoms with Crippen molar-refractivity contribution in [3.05, 3.63) is 23.8 Å². The van der Waals surface area contributed by atoms with Crippen LogP contribution >= 0.6 is 0 Å². The van der Waals surface area contributed by atoms with Crippen molar-refractivity contribution in [3.8, 4) is 11.5 Å². The molecule has 1 aromatic carbocycles. The van der Waals surface area contributed by atoms with Crippen LogP contribution in [-0.2, 0) is 6.54 Å². The first-order chi connectivity index (χ1) is 8.74. The molecule has 0 spiro atoms. The van der Waals surface area contributed by atoms with Gasteiger partial charge in [-0.2, -0.15) is 0 Å². The van der Waals surface area contributed by atoms with Gasteiger partial charge in [0.2, 0.25) is 0 Å². The lowest BCUT2D eigenvalue weighted by atomic mass is 10.1. The van der Waals surface area contributed by atoms with Gasteiger partial charge in [-0.05, 0) is 25.1 Å². The number of rotatable bonds is 4. The largest absolute Gasteiger partial charge is 0.497 e. The molecule has 1 fully saturated rings. The van der Waals surface area contributed by atoms with Gasteiger partial charge < -0.3 is 14.8 Å². The summed E-state index contributed by atoms with van der Waals surface area (Å²) in [7, 11) is 3.41. The monoisotopic (exact) mass is 250 g/mol. The van der Waals surface area contributed by atoms with Crippen molar-refractivity contribution < 1.29 is 9.47 Å². The van der Waals surface area contributed by atoms with Crippen molar-refractivity contribution in [3.63, 3.8) is 0 Å². The van der Waals surface area contributed by atoms with Crippen LogP contribution in [0.25, 0.3) is 0 Å². The van der Waals surface area contributed by atoms with Gasteiger partial charge in [0.25, 0.3) is 0 Å². The number of ether oxygens (including phenoxy) is 2. The Morgan fingerprint density at radius 1 is 1.33 bits per heavy atom. The summed E-state index contributed by atoms with van der Waals surface area (Å²) in [6.07, 6.45) is 0. The molecule has 1 aromatic rings. The molecule has 0 amide bonds. The molecule has 0 aliphatic carbocycles. The maximum atomic E-state index is 5.42. The average Bonchev–Trinajstić information content (AvgIpc) is 2.41. The summed E-state index contributed by atoms with van der Waals surface area (Å²) in [5.74, 6) is 1.81. The molecule has 2 rings (SSSR count). The number of methoxy groups -OCH3 is 2. The van der Waals surface area contributed by atoms with E-state index in [4.69, 9.17) is 9.47 Å². The third-order valence-corrected chi connectivity index (χ3v) is 3.50. The highest BCUT2D eigenvalue weighted by Crippen LogP contribution is 2.26. The van der Waals surface area contributed by atoms with Crippen LogP contribution in [0, 0.1) is 0 Å². The number of nitrogens with zero attached hydrogens (tertiary/aromatic N) is 1. The molecule has 4 nitrogen and oxygen atoms in total. The summed E-state index contributed by atoms with van der Waals surface area (Å²) in [5, 5.41) is 3.40. The third-order valence-electron chi connectivity index (χ3n) is 3.50. The fourth-order valence-electron chi connectivity index (χ4n) is 2.34. The quantitative estimate of drug-likeness (QED) is 0.878. The summed E-state index contributed by atoms with van der Waals surface area (Å²) < 4.78 is 10.7. The second-order valence-electron chi connectivity index (χ2n) is 4.70. The molecule has 1 N–H and O–H groups in total. The summed E-state index contributed by atoms with van der Waals surface area (Å²) in [6.45, 7) is 6.33. The van der Waals surface area contributed by atoms with Gasteiger partial charge in [0.1, 0.15) is 11.5 Å². The molecule has 1 saturated heterocycles. The fourth-order valence-corrected chi connectivity index (χ4v) is 2.34. The van der Waals surface area contributed by atoms with Gasteiger partial charge in [0, 0.05) is 37.8 Å². The van der Waals surface area contributed by atoms with E-state index >= 15 is 0 Å². The summed E-state index contributed by atoms with van der Waals surface area (Å²) in [6, 6.07) is 6.52. The van der Waals surface area contributed by atoms with E-state index in [-0.39, 0.29) is 0 Å². The first-order valence-corrected chi connectivity index (χ1v) is 6.40. The Morgan fingerprint density at radius 3 is 2.83 bits per heavy atom. The molecule has 1 heterocycles. The van der Waals surface area contributed by atoms with E-state index in [2.05, 4.69) is 23.2 Å². The van der Waals surface area contributed by atoms with E-state index in [1.807, 2.05) is 12.1 Å². The van der Waals surface area contributed by atoms with Crippen LogP contribution in [0.15, 0.2) is 18.2 Å². The molecule has 0 saturated carbocycles.